The molecule has 1 unspecified atom stereocenters. The predicted octanol–water partition coefficient (Wildman–Crippen LogP) is 2.76. The first-order valence-corrected chi connectivity index (χ1v) is 8.43. The van der Waals surface area contributed by atoms with Crippen molar-refractivity contribution in [3.8, 4) is 0 Å². The van der Waals surface area contributed by atoms with Crippen molar-refractivity contribution < 1.29 is 0 Å². The van der Waals surface area contributed by atoms with Gasteiger partial charge in [0.2, 0.25) is 0 Å². The molecular formula is C15H20BrN3S. The molecule has 2 saturated heterocycles. The molecule has 0 amide bonds. The van der Waals surface area contributed by atoms with Crippen LogP contribution in [0.5, 0.6) is 0 Å². The maximum Gasteiger partial charge on any atom is 0.104 e. The molecule has 0 aromatic heterocycles. The van der Waals surface area contributed by atoms with Crippen LogP contribution in [-0.4, -0.2) is 42.1 Å². The van der Waals surface area contributed by atoms with E-state index < -0.39 is 0 Å². The van der Waals surface area contributed by atoms with Crippen LogP contribution < -0.4 is 10.6 Å². The number of likely N-dealkylation sites (tertiary alicyclic amines) is 1. The maximum atomic E-state index is 5.68. The van der Waals surface area contributed by atoms with Crippen LogP contribution in [0.2, 0.25) is 0 Å². The van der Waals surface area contributed by atoms with Gasteiger partial charge in [-0.05, 0) is 66.5 Å². The first-order chi connectivity index (χ1) is 9.65. The van der Waals surface area contributed by atoms with Crippen LogP contribution in [0.1, 0.15) is 24.8 Å². The monoisotopic (exact) mass is 353 g/mol. The quantitative estimate of drug-likeness (QED) is 0.846. The summed E-state index contributed by atoms with van der Waals surface area (Å²) in [6.45, 7) is 4.82. The summed E-state index contributed by atoms with van der Waals surface area (Å²) < 4.78 is 1.09. The lowest BCUT2D eigenvalue weighted by molar-refractivity contribution is 0.260. The molecule has 3 nitrogen and oxygen atoms in total. The van der Waals surface area contributed by atoms with Crippen LogP contribution in [0, 0.1) is 0 Å². The summed E-state index contributed by atoms with van der Waals surface area (Å²) >= 11 is 8.69. The van der Waals surface area contributed by atoms with E-state index in [2.05, 4.69) is 31.8 Å². The lowest BCUT2D eigenvalue weighted by Gasteiger charge is -2.25. The lowest BCUT2D eigenvalue weighted by atomic mass is 10.2. The Labute approximate surface area is 134 Å². The summed E-state index contributed by atoms with van der Waals surface area (Å²) in [5.74, 6) is 0. The zero-order chi connectivity index (χ0) is 14.1. The third kappa shape index (κ3) is 2.85. The molecule has 1 atom stereocenters. The molecule has 5 heteroatoms. The first-order valence-electron chi connectivity index (χ1n) is 7.23. The van der Waals surface area contributed by atoms with Gasteiger partial charge in [-0.1, -0.05) is 12.2 Å². The summed E-state index contributed by atoms with van der Waals surface area (Å²) in [6.07, 6.45) is 4.00. The van der Waals surface area contributed by atoms with Crippen LogP contribution in [0.4, 0.5) is 5.69 Å². The van der Waals surface area contributed by atoms with Gasteiger partial charge in [-0.25, -0.2) is 0 Å². The maximum absolute atomic E-state index is 5.68. The Balaban J connectivity index is 1.72. The van der Waals surface area contributed by atoms with E-state index in [1.54, 1.807) is 0 Å². The minimum atomic E-state index is 0.452. The summed E-state index contributed by atoms with van der Waals surface area (Å²) in [5, 5.41) is 0. The number of nitrogens with two attached hydrogens (primary N) is 1. The van der Waals surface area contributed by atoms with Crippen LogP contribution in [0.15, 0.2) is 22.7 Å². The van der Waals surface area contributed by atoms with Gasteiger partial charge in [-0.2, -0.15) is 0 Å². The van der Waals surface area contributed by atoms with E-state index in [9.17, 15) is 0 Å². The Kier molecular flexibility index (Phi) is 4.29. The topological polar surface area (TPSA) is 32.5 Å². The van der Waals surface area contributed by atoms with Crippen molar-refractivity contribution in [2.75, 3.05) is 31.1 Å². The van der Waals surface area contributed by atoms with Crippen molar-refractivity contribution in [3.63, 3.8) is 0 Å². The van der Waals surface area contributed by atoms with Crippen molar-refractivity contribution in [1.29, 1.82) is 0 Å². The third-order valence-corrected chi connectivity index (χ3v) is 5.26. The third-order valence-electron chi connectivity index (χ3n) is 4.39. The molecule has 2 heterocycles. The van der Waals surface area contributed by atoms with E-state index >= 15 is 0 Å². The van der Waals surface area contributed by atoms with Gasteiger partial charge < -0.3 is 10.6 Å². The second-order valence-electron chi connectivity index (χ2n) is 5.66. The highest BCUT2D eigenvalue weighted by Crippen LogP contribution is 2.31. The van der Waals surface area contributed by atoms with E-state index in [4.69, 9.17) is 18.0 Å². The highest BCUT2D eigenvalue weighted by Gasteiger charge is 2.29. The molecule has 1 aromatic rings. The standard InChI is InChI=1S/C15H20BrN3S/c16-13-9-11(15(17)20)3-4-14(13)19-8-5-12(10-19)18-6-1-2-7-18/h3-4,9,12H,1-2,5-8,10H2,(H2,17,20). The van der Waals surface area contributed by atoms with E-state index in [-0.39, 0.29) is 0 Å². The van der Waals surface area contributed by atoms with Crippen molar-refractivity contribution >= 4 is 38.8 Å². The number of rotatable bonds is 3. The van der Waals surface area contributed by atoms with Crippen LogP contribution in [0.3, 0.4) is 0 Å². The molecular weight excluding hydrogens is 334 g/mol. The Morgan fingerprint density at radius 2 is 2.00 bits per heavy atom. The van der Waals surface area contributed by atoms with Gasteiger partial charge in [-0.15, -0.1) is 0 Å². The molecule has 0 spiro atoms. The molecule has 3 rings (SSSR count). The summed E-state index contributed by atoms with van der Waals surface area (Å²) in [4.78, 5) is 5.57. The van der Waals surface area contributed by atoms with Gasteiger partial charge >= 0.3 is 0 Å². The number of halogens is 1. The summed E-state index contributed by atoms with van der Waals surface area (Å²) in [7, 11) is 0. The fourth-order valence-electron chi connectivity index (χ4n) is 3.28. The van der Waals surface area contributed by atoms with Gasteiger partial charge in [0.05, 0.1) is 5.69 Å². The normalized spacial score (nSPS) is 23.4. The lowest BCUT2D eigenvalue weighted by Crippen LogP contribution is -2.35. The molecule has 0 bridgehead atoms. The van der Waals surface area contributed by atoms with Crippen molar-refractivity contribution in [2.45, 2.75) is 25.3 Å². The SMILES string of the molecule is NC(=S)c1ccc(N2CCC(N3CCCC3)C2)c(Br)c1. The Bertz CT molecular complexity index is 514. The van der Waals surface area contributed by atoms with E-state index in [0.29, 0.717) is 4.99 Å². The van der Waals surface area contributed by atoms with Crippen molar-refractivity contribution in [1.82, 2.24) is 4.90 Å². The zero-order valence-electron chi connectivity index (χ0n) is 11.5. The fourth-order valence-corrected chi connectivity index (χ4v) is 4.04. The minimum Gasteiger partial charge on any atom is -0.389 e. The Morgan fingerprint density at radius 1 is 1.25 bits per heavy atom. The van der Waals surface area contributed by atoms with Crippen LogP contribution >= 0.6 is 28.1 Å². The number of nitrogens with zero attached hydrogens (tertiary/aromatic N) is 2. The van der Waals surface area contributed by atoms with Gasteiger partial charge in [0.1, 0.15) is 4.99 Å². The van der Waals surface area contributed by atoms with Gasteiger partial charge in [0.25, 0.3) is 0 Å². The van der Waals surface area contributed by atoms with Gasteiger partial charge in [-0.3, -0.25) is 4.90 Å². The molecule has 108 valence electrons. The van der Waals surface area contributed by atoms with Gasteiger partial charge in [0.15, 0.2) is 0 Å². The highest BCUT2D eigenvalue weighted by molar-refractivity contribution is 9.10. The number of hydrogen-bond acceptors (Lipinski definition) is 3. The first kappa shape index (κ1) is 14.3. The molecule has 2 fully saturated rings. The Hall–Kier alpha value is -0.650. The molecule has 2 N–H and O–H groups in total. The second kappa shape index (κ2) is 6.00. The second-order valence-corrected chi connectivity index (χ2v) is 6.96. The molecule has 2 aliphatic heterocycles. The largest absolute Gasteiger partial charge is 0.389 e. The molecule has 1 aromatic carbocycles. The van der Waals surface area contributed by atoms with E-state index in [1.165, 1.54) is 38.0 Å². The summed E-state index contributed by atoms with van der Waals surface area (Å²) in [6, 6.07) is 6.90. The minimum absolute atomic E-state index is 0.452. The number of hydrogen-bond donors (Lipinski definition) is 1. The fraction of sp³-hybridized carbons (Fsp3) is 0.533. The summed E-state index contributed by atoms with van der Waals surface area (Å²) in [5.41, 5.74) is 7.86. The highest BCUT2D eigenvalue weighted by atomic mass is 79.9. The molecule has 0 radical (unpaired) electrons. The Morgan fingerprint density at radius 3 is 2.65 bits per heavy atom. The van der Waals surface area contributed by atoms with Crippen molar-refractivity contribution in [3.05, 3.63) is 28.2 Å². The van der Waals surface area contributed by atoms with E-state index in [0.717, 1.165) is 29.2 Å². The molecule has 0 saturated carbocycles. The van der Waals surface area contributed by atoms with Crippen LogP contribution in [0.25, 0.3) is 0 Å². The number of thiocarbonyl (C=S) groups is 1. The number of anilines is 1. The molecule has 0 aliphatic carbocycles. The van der Waals surface area contributed by atoms with Crippen molar-refractivity contribution in [2.24, 2.45) is 5.73 Å². The average molecular weight is 354 g/mol. The molecule has 2 aliphatic rings. The van der Waals surface area contributed by atoms with Crippen LogP contribution in [-0.2, 0) is 0 Å². The van der Waals surface area contributed by atoms with E-state index in [1.807, 2.05) is 12.1 Å². The van der Waals surface area contributed by atoms with Gasteiger partial charge in [0, 0.05) is 29.2 Å². The smallest absolute Gasteiger partial charge is 0.104 e. The zero-order valence-corrected chi connectivity index (χ0v) is 13.9. The average Bonchev–Trinajstić information content (AvgIpc) is 3.09. The number of benzene rings is 1. The molecule has 20 heavy (non-hydrogen) atoms. The predicted molar refractivity (Wildman–Crippen MR) is 91.5 cm³/mol.